The van der Waals surface area contributed by atoms with Crippen molar-refractivity contribution >= 4 is 23.9 Å². The maximum Gasteiger partial charge on any atom is 0.312 e. The van der Waals surface area contributed by atoms with Gasteiger partial charge in [-0.25, -0.2) is 0 Å². The Balaban J connectivity index is 0.942. The van der Waals surface area contributed by atoms with E-state index in [-0.39, 0.29) is 23.9 Å². The molecular formula is C42H64O8. The first-order chi connectivity index (χ1) is 24.3. The van der Waals surface area contributed by atoms with Gasteiger partial charge in [-0.05, 0) is 116 Å². The molecule has 0 spiro atoms. The van der Waals surface area contributed by atoms with E-state index in [1.165, 1.54) is 0 Å². The summed E-state index contributed by atoms with van der Waals surface area (Å²) in [6.45, 7) is 1.89. The molecule has 8 heteroatoms. The highest BCUT2D eigenvalue weighted by molar-refractivity contribution is 5.92. The number of rotatable bonds is 0. The molecule has 0 N–H and O–H groups in total. The van der Waals surface area contributed by atoms with Crippen molar-refractivity contribution in [3.05, 3.63) is 24.3 Å². The number of carbonyl (C=O) groups is 4. The molecule has 0 amide bonds. The topological polar surface area (TPSA) is 105 Å². The number of allylic oxidation sites excluding steroid dienone is 4. The van der Waals surface area contributed by atoms with Gasteiger partial charge in [-0.1, -0.05) is 75.7 Å². The van der Waals surface area contributed by atoms with Crippen LogP contribution in [0, 0.1) is 21.7 Å². The van der Waals surface area contributed by atoms with Crippen LogP contribution in [0.2, 0.25) is 0 Å². The number of hydrogen-bond donors (Lipinski definition) is 0. The van der Waals surface area contributed by atoms with Gasteiger partial charge in [0.05, 0.1) is 48.1 Å². The van der Waals surface area contributed by atoms with E-state index in [4.69, 9.17) is 18.9 Å². The second kappa shape index (κ2) is 18.7. The van der Waals surface area contributed by atoms with Crippen molar-refractivity contribution in [1.82, 2.24) is 0 Å². The lowest BCUT2D eigenvalue weighted by Crippen LogP contribution is -2.69. The van der Waals surface area contributed by atoms with Gasteiger partial charge in [0, 0.05) is 0 Å². The van der Waals surface area contributed by atoms with E-state index >= 15 is 0 Å². The summed E-state index contributed by atoms with van der Waals surface area (Å²) in [6, 6.07) is 0. The molecule has 0 radical (unpaired) electrons. The van der Waals surface area contributed by atoms with Crippen molar-refractivity contribution in [2.24, 2.45) is 21.7 Å². The number of hydrogen-bond acceptors (Lipinski definition) is 8. The molecule has 15 aliphatic rings. The van der Waals surface area contributed by atoms with Crippen LogP contribution < -0.4 is 0 Å². The first-order valence-electron chi connectivity index (χ1n) is 20.3. The second-order valence-electron chi connectivity index (χ2n) is 16.5. The summed E-state index contributed by atoms with van der Waals surface area (Å²) in [5, 5.41) is 0. The van der Waals surface area contributed by atoms with Gasteiger partial charge in [-0.3, -0.25) is 19.2 Å². The van der Waals surface area contributed by atoms with E-state index in [2.05, 4.69) is 24.3 Å². The van der Waals surface area contributed by atoms with Crippen LogP contribution in [-0.2, 0) is 38.1 Å². The number of ether oxygens (including phenoxy) is 4. The Bertz CT molecular complexity index is 985. The maximum atomic E-state index is 12.7. The zero-order valence-corrected chi connectivity index (χ0v) is 30.8. The van der Waals surface area contributed by atoms with E-state index in [0.717, 1.165) is 128 Å². The molecule has 6 saturated carbocycles. The highest BCUT2D eigenvalue weighted by Crippen LogP contribution is 2.75. The fraction of sp³-hybridized carbons (Fsp3) is 0.810. The predicted molar refractivity (Wildman–Crippen MR) is 192 cm³/mol. The molecule has 4 bridgehead atoms. The summed E-state index contributed by atoms with van der Waals surface area (Å²) in [5.41, 5.74) is -1.70. The molecule has 0 unspecified atom stereocenters. The Morgan fingerprint density at radius 2 is 0.500 bits per heavy atom. The lowest BCUT2D eigenvalue weighted by Gasteiger charge is -2.66. The SMILES string of the molecule is O=C1OCCCCCC/C=C/CCCCCCOC(=O)C23CC(C2)(C3)C(=O)OCCCCCC/C=C/CCCCCCOC(=O)C23CC1(C2)C3. The minimum absolute atomic E-state index is 0.114. The third kappa shape index (κ3) is 9.82. The van der Waals surface area contributed by atoms with Crippen LogP contribution in [0.25, 0.3) is 0 Å². The summed E-state index contributed by atoms with van der Waals surface area (Å²) in [5.74, 6) is -0.455. The van der Waals surface area contributed by atoms with Crippen LogP contribution in [0.5, 0.6) is 0 Å². The molecular weight excluding hydrogens is 632 g/mol. The molecule has 0 atom stereocenters. The lowest BCUT2D eigenvalue weighted by atomic mass is 9.35. The second-order valence-corrected chi connectivity index (χ2v) is 16.5. The molecule has 50 heavy (non-hydrogen) atoms. The predicted octanol–water partition coefficient (Wildman–Crippen LogP) is 9.43. The van der Waals surface area contributed by atoms with Gasteiger partial charge in [0.15, 0.2) is 0 Å². The van der Waals surface area contributed by atoms with Gasteiger partial charge >= 0.3 is 23.9 Å². The van der Waals surface area contributed by atoms with Crippen LogP contribution in [0.1, 0.15) is 167 Å². The van der Waals surface area contributed by atoms with Gasteiger partial charge in [0.25, 0.3) is 0 Å². The molecule has 6 fully saturated rings. The average Bonchev–Trinajstić information content (AvgIpc) is 3.01. The van der Waals surface area contributed by atoms with E-state index in [0.29, 0.717) is 65.0 Å². The highest BCUT2D eigenvalue weighted by Gasteiger charge is 2.77. The highest BCUT2D eigenvalue weighted by atomic mass is 16.5. The maximum absolute atomic E-state index is 12.7. The molecule has 280 valence electrons. The zero-order chi connectivity index (χ0) is 35.2. The summed E-state index contributed by atoms with van der Waals surface area (Å²) in [4.78, 5) is 50.6. The average molecular weight is 697 g/mol. The van der Waals surface area contributed by atoms with Crippen LogP contribution in [-0.4, -0.2) is 50.3 Å². The van der Waals surface area contributed by atoms with Gasteiger partial charge < -0.3 is 18.9 Å². The fourth-order valence-corrected chi connectivity index (χ4v) is 9.06. The van der Waals surface area contributed by atoms with Gasteiger partial charge in [0.1, 0.15) is 0 Å². The minimum atomic E-state index is -0.424. The smallest absolute Gasteiger partial charge is 0.312 e. The molecule has 0 aromatic rings. The summed E-state index contributed by atoms with van der Waals surface area (Å²) < 4.78 is 22.4. The third-order valence-electron chi connectivity index (χ3n) is 12.1. The quantitative estimate of drug-likeness (QED) is 0.140. The molecule has 15 rings (SSSR count). The Labute approximate surface area is 300 Å². The van der Waals surface area contributed by atoms with Gasteiger partial charge in [-0.15, -0.1) is 0 Å². The van der Waals surface area contributed by atoms with Crippen LogP contribution in [0.3, 0.4) is 0 Å². The molecule has 6 aliphatic carbocycles. The van der Waals surface area contributed by atoms with Crippen molar-refractivity contribution in [3.8, 4) is 0 Å². The normalized spacial score (nSPS) is 36.6. The standard InChI is InChI=1S/C42H64O8/c43-35-39-29-41(30-39,31-39)37(45)49-27-23-19-15-11-7-3-4-8-12-16-20-24-28-50-38(46)42-32-40(33-42,34-42)36(44)48-26-22-18-14-10-6-2-1-5-9-13-17-21-25-47-35/h1-4H,5-34H2/b2-1+,4-3+. The summed E-state index contributed by atoms with van der Waals surface area (Å²) in [6.07, 6.45) is 33.9. The van der Waals surface area contributed by atoms with E-state index in [1.54, 1.807) is 0 Å². The van der Waals surface area contributed by atoms with Crippen molar-refractivity contribution in [3.63, 3.8) is 0 Å². The molecule has 9 heterocycles. The van der Waals surface area contributed by atoms with E-state index in [9.17, 15) is 19.2 Å². The first-order valence-corrected chi connectivity index (χ1v) is 20.3. The Morgan fingerprint density at radius 1 is 0.300 bits per heavy atom. The first kappa shape index (κ1) is 38.6. The van der Waals surface area contributed by atoms with Crippen LogP contribution >= 0.6 is 0 Å². The number of carbonyl (C=O) groups excluding carboxylic acids is 4. The Kier molecular flexibility index (Phi) is 14.5. The molecule has 0 aromatic carbocycles. The zero-order valence-electron chi connectivity index (χ0n) is 30.8. The van der Waals surface area contributed by atoms with Gasteiger partial charge in [0.2, 0.25) is 0 Å². The fourth-order valence-electron chi connectivity index (χ4n) is 9.06. The van der Waals surface area contributed by atoms with E-state index in [1.807, 2.05) is 0 Å². The molecule has 9 aliphatic heterocycles. The Hall–Kier alpha value is -2.64. The minimum Gasteiger partial charge on any atom is -0.465 e. The number of esters is 4. The van der Waals surface area contributed by atoms with Crippen LogP contribution in [0.4, 0.5) is 0 Å². The van der Waals surface area contributed by atoms with Crippen molar-refractivity contribution in [2.75, 3.05) is 26.4 Å². The van der Waals surface area contributed by atoms with Gasteiger partial charge in [-0.2, -0.15) is 0 Å². The largest absolute Gasteiger partial charge is 0.465 e. The summed E-state index contributed by atoms with van der Waals surface area (Å²) in [7, 11) is 0. The van der Waals surface area contributed by atoms with Crippen LogP contribution in [0.15, 0.2) is 24.3 Å². The van der Waals surface area contributed by atoms with Crippen molar-refractivity contribution < 1.29 is 38.1 Å². The molecule has 0 saturated heterocycles. The van der Waals surface area contributed by atoms with Crippen molar-refractivity contribution in [1.29, 1.82) is 0 Å². The van der Waals surface area contributed by atoms with E-state index < -0.39 is 21.7 Å². The van der Waals surface area contributed by atoms with Crippen molar-refractivity contribution in [2.45, 2.75) is 167 Å². The molecule has 0 aromatic heterocycles. The Morgan fingerprint density at radius 3 is 0.720 bits per heavy atom. The lowest BCUT2D eigenvalue weighted by molar-refractivity contribution is -0.237. The third-order valence-corrected chi connectivity index (χ3v) is 12.1. The monoisotopic (exact) mass is 696 g/mol. The molecule has 8 nitrogen and oxygen atoms in total. The summed E-state index contributed by atoms with van der Waals surface area (Å²) >= 11 is 0.